The third-order valence-corrected chi connectivity index (χ3v) is 2.39. The molecule has 0 saturated heterocycles. The fraction of sp³-hybridized carbons (Fsp3) is 0.462. The third kappa shape index (κ3) is 4.71. The van der Waals surface area contributed by atoms with Gasteiger partial charge in [0.05, 0.1) is 18.8 Å². The Hall–Kier alpha value is -1.62. The van der Waals surface area contributed by atoms with Gasteiger partial charge < -0.3 is 15.4 Å². The zero-order chi connectivity index (χ0) is 13.5. The molecule has 0 aliphatic heterocycles. The van der Waals surface area contributed by atoms with Gasteiger partial charge in [-0.05, 0) is 31.5 Å². The molecule has 0 aliphatic carbocycles. The minimum Gasteiger partial charge on any atom is -0.383 e. The van der Waals surface area contributed by atoms with Crippen LogP contribution in [-0.4, -0.2) is 32.2 Å². The number of ether oxygens (including phenoxy) is 1. The first-order valence-electron chi connectivity index (χ1n) is 5.81. The van der Waals surface area contributed by atoms with Crippen LogP contribution in [0.2, 0.25) is 0 Å². The normalized spacial score (nSPS) is 12.0. The molecule has 0 aromatic heterocycles. The number of hydrogen-bond acceptors (Lipinski definition) is 3. The number of aryl methyl sites for hydroxylation is 1. The van der Waals surface area contributed by atoms with Crippen LogP contribution in [0.1, 0.15) is 12.5 Å². The highest BCUT2D eigenvalue weighted by Crippen LogP contribution is 2.14. The number of hydrogen-bond donors (Lipinski definition) is 2. The Morgan fingerprint density at radius 1 is 1.50 bits per heavy atom. The van der Waals surface area contributed by atoms with Crippen molar-refractivity contribution in [2.45, 2.75) is 19.9 Å². The summed E-state index contributed by atoms with van der Waals surface area (Å²) in [4.78, 5) is 11.5. The van der Waals surface area contributed by atoms with Crippen LogP contribution in [0.25, 0.3) is 0 Å². The number of carbonyl (C=O) groups excluding carboxylic acids is 1. The number of rotatable bonds is 6. The molecule has 100 valence electrons. The van der Waals surface area contributed by atoms with Crippen LogP contribution in [0.3, 0.4) is 0 Å². The van der Waals surface area contributed by atoms with Crippen molar-refractivity contribution in [1.29, 1.82) is 0 Å². The van der Waals surface area contributed by atoms with Gasteiger partial charge in [0, 0.05) is 13.2 Å². The summed E-state index contributed by atoms with van der Waals surface area (Å²) in [6.45, 7) is 4.14. The Bertz CT molecular complexity index is 410. The number of nitrogens with one attached hydrogen (secondary N) is 2. The maximum Gasteiger partial charge on any atom is 0.239 e. The Balaban J connectivity index is 2.42. The second kappa shape index (κ2) is 6.96. The van der Waals surface area contributed by atoms with Crippen LogP contribution in [-0.2, 0) is 9.53 Å². The Labute approximate surface area is 107 Å². The van der Waals surface area contributed by atoms with E-state index in [9.17, 15) is 9.18 Å². The molecule has 1 aromatic carbocycles. The Morgan fingerprint density at radius 3 is 2.83 bits per heavy atom. The monoisotopic (exact) mass is 254 g/mol. The molecule has 4 nitrogen and oxygen atoms in total. The van der Waals surface area contributed by atoms with Gasteiger partial charge in [-0.15, -0.1) is 0 Å². The van der Waals surface area contributed by atoms with Gasteiger partial charge in [0.15, 0.2) is 0 Å². The third-order valence-electron chi connectivity index (χ3n) is 2.39. The van der Waals surface area contributed by atoms with Crippen molar-refractivity contribution >= 4 is 11.6 Å². The van der Waals surface area contributed by atoms with E-state index in [0.717, 1.165) is 5.56 Å². The van der Waals surface area contributed by atoms with Crippen molar-refractivity contribution in [3.8, 4) is 0 Å². The van der Waals surface area contributed by atoms with Gasteiger partial charge in [-0.25, -0.2) is 4.39 Å². The molecular formula is C13H19FN2O2. The molecule has 0 aliphatic rings. The molecule has 0 spiro atoms. The molecular weight excluding hydrogens is 235 g/mol. The molecule has 0 saturated carbocycles. The van der Waals surface area contributed by atoms with E-state index in [-0.39, 0.29) is 24.3 Å². The van der Waals surface area contributed by atoms with Crippen molar-refractivity contribution in [2.75, 3.05) is 25.6 Å². The molecule has 1 rings (SSSR count). The van der Waals surface area contributed by atoms with Crippen LogP contribution in [0, 0.1) is 12.7 Å². The van der Waals surface area contributed by atoms with Crippen molar-refractivity contribution in [2.24, 2.45) is 0 Å². The quantitative estimate of drug-likeness (QED) is 0.812. The van der Waals surface area contributed by atoms with E-state index < -0.39 is 0 Å². The van der Waals surface area contributed by atoms with Crippen molar-refractivity contribution in [3.05, 3.63) is 29.6 Å². The van der Waals surface area contributed by atoms with E-state index >= 15 is 0 Å². The van der Waals surface area contributed by atoms with Gasteiger partial charge in [-0.1, -0.05) is 6.07 Å². The smallest absolute Gasteiger partial charge is 0.239 e. The summed E-state index contributed by atoms with van der Waals surface area (Å²) in [5.41, 5.74) is 1.17. The lowest BCUT2D eigenvalue weighted by molar-refractivity contribution is -0.120. The standard InChI is InChI=1S/C13H19FN2O2/c1-9-4-5-12(11(14)6-9)15-7-13(17)16-10(2)8-18-3/h4-6,10,15H,7-8H2,1-3H3,(H,16,17). The highest BCUT2D eigenvalue weighted by atomic mass is 19.1. The Kier molecular flexibility index (Phi) is 5.58. The van der Waals surface area contributed by atoms with Crippen LogP contribution < -0.4 is 10.6 Å². The van der Waals surface area contributed by atoms with Crippen molar-refractivity contribution < 1.29 is 13.9 Å². The molecule has 0 heterocycles. The minimum absolute atomic E-state index is 0.0357. The molecule has 1 atom stereocenters. The number of carbonyl (C=O) groups is 1. The summed E-state index contributed by atoms with van der Waals surface area (Å²) in [5.74, 6) is -0.549. The number of amides is 1. The molecule has 0 radical (unpaired) electrons. The van der Waals surface area contributed by atoms with E-state index in [1.807, 2.05) is 13.8 Å². The summed E-state index contributed by atoms with van der Waals surface area (Å²) in [7, 11) is 1.57. The number of methoxy groups -OCH3 is 1. The fourth-order valence-corrected chi connectivity index (χ4v) is 1.56. The van der Waals surface area contributed by atoms with Crippen LogP contribution in [0.15, 0.2) is 18.2 Å². The summed E-state index contributed by atoms with van der Waals surface area (Å²) >= 11 is 0. The fourth-order valence-electron chi connectivity index (χ4n) is 1.56. The minimum atomic E-state index is -0.354. The largest absolute Gasteiger partial charge is 0.383 e. The van der Waals surface area contributed by atoms with Crippen LogP contribution in [0.5, 0.6) is 0 Å². The lowest BCUT2D eigenvalue weighted by Crippen LogP contribution is -2.39. The summed E-state index contributed by atoms with van der Waals surface area (Å²) in [6.07, 6.45) is 0. The van der Waals surface area contributed by atoms with Gasteiger partial charge in [0.1, 0.15) is 5.82 Å². The first kappa shape index (κ1) is 14.4. The van der Waals surface area contributed by atoms with Crippen molar-refractivity contribution in [1.82, 2.24) is 5.32 Å². The first-order valence-corrected chi connectivity index (χ1v) is 5.81. The van der Waals surface area contributed by atoms with Gasteiger partial charge in [-0.2, -0.15) is 0 Å². The topological polar surface area (TPSA) is 50.4 Å². The lowest BCUT2D eigenvalue weighted by Gasteiger charge is -2.13. The molecule has 5 heteroatoms. The number of benzene rings is 1. The second-order valence-corrected chi connectivity index (χ2v) is 4.26. The predicted octanol–water partition coefficient (Wildman–Crippen LogP) is 1.70. The number of anilines is 1. The maximum atomic E-state index is 13.5. The van der Waals surface area contributed by atoms with E-state index in [0.29, 0.717) is 12.3 Å². The van der Waals surface area contributed by atoms with E-state index in [1.54, 1.807) is 19.2 Å². The zero-order valence-electron chi connectivity index (χ0n) is 10.9. The summed E-state index contributed by atoms with van der Waals surface area (Å²) in [5, 5.41) is 5.49. The van der Waals surface area contributed by atoms with E-state index in [1.165, 1.54) is 6.07 Å². The molecule has 0 fully saturated rings. The molecule has 1 unspecified atom stereocenters. The average Bonchev–Trinajstić information content (AvgIpc) is 2.28. The molecule has 1 amide bonds. The molecule has 2 N–H and O–H groups in total. The van der Waals surface area contributed by atoms with Crippen LogP contribution >= 0.6 is 0 Å². The molecule has 18 heavy (non-hydrogen) atoms. The first-order chi connectivity index (χ1) is 8.52. The lowest BCUT2D eigenvalue weighted by atomic mass is 10.2. The zero-order valence-corrected chi connectivity index (χ0v) is 10.9. The van der Waals surface area contributed by atoms with E-state index in [2.05, 4.69) is 10.6 Å². The Morgan fingerprint density at radius 2 is 2.22 bits per heavy atom. The van der Waals surface area contributed by atoms with E-state index in [4.69, 9.17) is 4.74 Å². The average molecular weight is 254 g/mol. The van der Waals surface area contributed by atoms with Gasteiger partial charge in [-0.3, -0.25) is 4.79 Å². The highest BCUT2D eigenvalue weighted by Gasteiger charge is 2.08. The maximum absolute atomic E-state index is 13.5. The van der Waals surface area contributed by atoms with Crippen LogP contribution in [0.4, 0.5) is 10.1 Å². The molecule has 1 aromatic rings. The second-order valence-electron chi connectivity index (χ2n) is 4.26. The van der Waals surface area contributed by atoms with Gasteiger partial charge in [0.25, 0.3) is 0 Å². The molecule has 0 bridgehead atoms. The highest BCUT2D eigenvalue weighted by molar-refractivity contribution is 5.81. The number of halogens is 1. The SMILES string of the molecule is COCC(C)NC(=O)CNc1ccc(C)cc1F. The predicted molar refractivity (Wildman–Crippen MR) is 69.1 cm³/mol. The van der Waals surface area contributed by atoms with Gasteiger partial charge in [0.2, 0.25) is 5.91 Å². The summed E-state index contributed by atoms with van der Waals surface area (Å²) < 4.78 is 18.4. The summed E-state index contributed by atoms with van der Waals surface area (Å²) in [6, 6.07) is 4.77. The van der Waals surface area contributed by atoms with Gasteiger partial charge >= 0.3 is 0 Å². The van der Waals surface area contributed by atoms with Crippen molar-refractivity contribution in [3.63, 3.8) is 0 Å².